The van der Waals surface area contributed by atoms with Gasteiger partial charge in [0.15, 0.2) is 0 Å². The summed E-state index contributed by atoms with van der Waals surface area (Å²) in [5, 5.41) is 7.52. The molecule has 1 fully saturated rings. The van der Waals surface area contributed by atoms with Crippen LogP contribution in [0.3, 0.4) is 0 Å². The van der Waals surface area contributed by atoms with Crippen molar-refractivity contribution in [3.8, 4) is 22.5 Å². The maximum atomic E-state index is 13.2. The molecule has 0 radical (unpaired) electrons. The third-order valence-corrected chi connectivity index (χ3v) is 8.24. The summed E-state index contributed by atoms with van der Waals surface area (Å²) in [6.45, 7) is 8.44. The number of carbonyl (C=O) groups excluding carboxylic acids is 1. The van der Waals surface area contributed by atoms with Crippen molar-refractivity contribution in [1.82, 2.24) is 30.1 Å². The minimum atomic E-state index is -0.0982. The summed E-state index contributed by atoms with van der Waals surface area (Å²) in [7, 11) is 0. The SMILES string of the molecule is Cc1c(NC(=O)N2Cc3ccccc3C2)cccc1-c1ncnc2[nH]c(-c3cccc(CN4CCNCC4)c3)cc12. The predicted octanol–water partition coefficient (Wildman–Crippen LogP) is 5.55. The van der Waals surface area contributed by atoms with Crippen molar-refractivity contribution in [2.24, 2.45) is 0 Å². The van der Waals surface area contributed by atoms with Crippen LogP contribution < -0.4 is 10.6 Å². The number of hydrogen-bond acceptors (Lipinski definition) is 5. The monoisotopic (exact) mass is 543 g/mol. The molecule has 8 heteroatoms. The third-order valence-electron chi connectivity index (χ3n) is 8.24. The van der Waals surface area contributed by atoms with E-state index in [0.29, 0.717) is 13.1 Å². The van der Waals surface area contributed by atoms with Crippen LogP contribution in [0.2, 0.25) is 0 Å². The number of benzene rings is 3. The number of urea groups is 1. The van der Waals surface area contributed by atoms with E-state index < -0.39 is 0 Å². The molecule has 8 nitrogen and oxygen atoms in total. The highest BCUT2D eigenvalue weighted by Crippen LogP contribution is 2.34. The first-order chi connectivity index (χ1) is 20.1. The molecule has 5 aromatic rings. The molecule has 7 rings (SSSR count). The number of fused-ring (bicyclic) bond motifs is 2. The molecule has 3 aromatic carbocycles. The summed E-state index contributed by atoms with van der Waals surface area (Å²) in [5.74, 6) is 0. The first kappa shape index (κ1) is 25.4. The number of aromatic amines is 1. The van der Waals surface area contributed by atoms with E-state index in [0.717, 1.165) is 77.5 Å². The smallest absolute Gasteiger partial charge is 0.322 e. The van der Waals surface area contributed by atoms with Gasteiger partial charge in [-0.1, -0.05) is 54.6 Å². The Morgan fingerprint density at radius 1 is 0.927 bits per heavy atom. The van der Waals surface area contributed by atoms with Crippen molar-refractivity contribution >= 4 is 22.8 Å². The highest BCUT2D eigenvalue weighted by molar-refractivity contribution is 5.97. The second kappa shape index (κ2) is 10.8. The lowest BCUT2D eigenvalue weighted by Gasteiger charge is -2.27. The number of hydrogen-bond donors (Lipinski definition) is 3. The van der Waals surface area contributed by atoms with Crippen LogP contribution >= 0.6 is 0 Å². The van der Waals surface area contributed by atoms with E-state index in [4.69, 9.17) is 4.98 Å². The van der Waals surface area contributed by atoms with Crippen molar-refractivity contribution in [2.45, 2.75) is 26.6 Å². The average Bonchev–Trinajstić information content (AvgIpc) is 3.64. The first-order valence-corrected chi connectivity index (χ1v) is 14.2. The van der Waals surface area contributed by atoms with Crippen LogP contribution in [-0.2, 0) is 19.6 Å². The average molecular weight is 544 g/mol. The molecule has 1 saturated heterocycles. The van der Waals surface area contributed by atoms with Gasteiger partial charge < -0.3 is 20.5 Å². The Hall–Kier alpha value is -4.53. The highest BCUT2D eigenvalue weighted by Gasteiger charge is 2.24. The number of H-pyrrole nitrogens is 1. The topological polar surface area (TPSA) is 89.2 Å². The molecule has 0 saturated carbocycles. The molecule has 2 aliphatic heterocycles. The zero-order chi connectivity index (χ0) is 27.8. The van der Waals surface area contributed by atoms with E-state index in [9.17, 15) is 4.79 Å². The van der Waals surface area contributed by atoms with Gasteiger partial charge in [0.2, 0.25) is 0 Å². The number of carbonyl (C=O) groups is 1. The number of amides is 2. The molecule has 4 heterocycles. The van der Waals surface area contributed by atoms with Gasteiger partial charge in [-0.05, 0) is 52.9 Å². The molecule has 0 aliphatic carbocycles. The molecule has 206 valence electrons. The highest BCUT2D eigenvalue weighted by atomic mass is 16.2. The standard InChI is InChI=1S/C33H33N7O/c1-22-27(10-5-11-29(22)38-33(41)40-19-25-7-2-3-8-26(25)20-40)31-28-17-30(37-32(28)36-21-35-31)24-9-4-6-23(16-24)18-39-14-12-34-13-15-39/h2-11,16-17,21,34H,12-15,18-20H2,1H3,(H,38,41)(H,35,36,37). The van der Waals surface area contributed by atoms with Crippen molar-refractivity contribution in [2.75, 3.05) is 31.5 Å². The van der Waals surface area contributed by atoms with Gasteiger partial charge in [-0.15, -0.1) is 0 Å². The van der Waals surface area contributed by atoms with E-state index in [2.05, 4.69) is 74.0 Å². The number of rotatable bonds is 5. The van der Waals surface area contributed by atoms with Crippen molar-refractivity contribution in [3.05, 3.63) is 101 Å². The largest absolute Gasteiger partial charge is 0.339 e. The van der Waals surface area contributed by atoms with Gasteiger partial charge >= 0.3 is 6.03 Å². The Labute approximate surface area is 239 Å². The lowest BCUT2D eigenvalue weighted by molar-refractivity contribution is 0.212. The number of anilines is 1. The third kappa shape index (κ3) is 5.08. The van der Waals surface area contributed by atoms with Crippen LogP contribution in [0.15, 0.2) is 79.1 Å². The maximum absolute atomic E-state index is 13.2. The quantitative estimate of drug-likeness (QED) is 0.270. The van der Waals surface area contributed by atoms with Crippen LogP contribution in [0.1, 0.15) is 22.3 Å². The molecule has 0 atom stereocenters. The molecular weight excluding hydrogens is 510 g/mol. The molecule has 0 unspecified atom stereocenters. The molecule has 3 N–H and O–H groups in total. The Kier molecular flexibility index (Phi) is 6.70. The van der Waals surface area contributed by atoms with Crippen LogP contribution in [-0.4, -0.2) is 57.0 Å². The summed E-state index contributed by atoms with van der Waals surface area (Å²) in [6.07, 6.45) is 1.60. The molecule has 2 aromatic heterocycles. The van der Waals surface area contributed by atoms with E-state index >= 15 is 0 Å². The van der Waals surface area contributed by atoms with Gasteiger partial charge in [-0.25, -0.2) is 14.8 Å². The Morgan fingerprint density at radius 2 is 1.71 bits per heavy atom. The van der Waals surface area contributed by atoms with E-state index in [1.807, 2.05) is 36.1 Å². The summed E-state index contributed by atoms with van der Waals surface area (Å²) in [4.78, 5) is 30.3. The number of nitrogens with one attached hydrogen (secondary N) is 3. The second-order valence-corrected chi connectivity index (χ2v) is 10.9. The Balaban J connectivity index is 1.15. The molecule has 2 aliphatic rings. The van der Waals surface area contributed by atoms with E-state index in [1.165, 1.54) is 16.7 Å². The fourth-order valence-corrected chi connectivity index (χ4v) is 5.97. The first-order valence-electron chi connectivity index (χ1n) is 14.2. The normalized spacial score (nSPS) is 15.3. The van der Waals surface area contributed by atoms with Gasteiger partial charge in [-0.2, -0.15) is 0 Å². The summed E-state index contributed by atoms with van der Waals surface area (Å²) in [5.41, 5.74) is 10.2. The van der Waals surface area contributed by atoms with Gasteiger partial charge in [0, 0.05) is 68.1 Å². The zero-order valence-corrected chi connectivity index (χ0v) is 23.2. The Morgan fingerprint density at radius 3 is 2.51 bits per heavy atom. The van der Waals surface area contributed by atoms with Gasteiger partial charge in [0.25, 0.3) is 0 Å². The van der Waals surface area contributed by atoms with Gasteiger partial charge in [0.1, 0.15) is 12.0 Å². The fraction of sp³-hybridized carbons (Fsp3) is 0.242. The number of aromatic nitrogens is 3. The Bertz CT molecular complexity index is 1710. The second-order valence-electron chi connectivity index (χ2n) is 10.9. The van der Waals surface area contributed by atoms with Crippen LogP contribution in [0, 0.1) is 6.92 Å². The van der Waals surface area contributed by atoms with E-state index in [-0.39, 0.29) is 6.03 Å². The van der Waals surface area contributed by atoms with E-state index in [1.54, 1.807) is 6.33 Å². The van der Waals surface area contributed by atoms with Gasteiger partial charge in [0.05, 0.1) is 5.69 Å². The van der Waals surface area contributed by atoms with Crippen molar-refractivity contribution < 1.29 is 4.79 Å². The number of piperazine rings is 1. The summed E-state index contributed by atoms with van der Waals surface area (Å²) < 4.78 is 0. The van der Waals surface area contributed by atoms with Crippen molar-refractivity contribution in [3.63, 3.8) is 0 Å². The zero-order valence-electron chi connectivity index (χ0n) is 23.2. The lowest BCUT2D eigenvalue weighted by atomic mass is 10.0. The molecule has 0 spiro atoms. The molecule has 0 bridgehead atoms. The fourth-order valence-electron chi connectivity index (χ4n) is 5.97. The summed E-state index contributed by atoms with van der Waals surface area (Å²) in [6, 6.07) is 24.9. The maximum Gasteiger partial charge on any atom is 0.322 e. The number of nitrogens with zero attached hydrogens (tertiary/aromatic N) is 4. The molecule has 2 amide bonds. The van der Waals surface area contributed by atoms with Crippen LogP contribution in [0.4, 0.5) is 10.5 Å². The van der Waals surface area contributed by atoms with Crippen molar-refractivity contribution in [1.29, 1.82) is 0 Å². The minimum Gasteiger partial charge on any atom is -0.339 e. The predicted molar refractivity (Wildman–Crippen MR) is 162 cm³/mol. The van der Waals surface area contributed by atoms with Crippen LogP contribution in [0.5, 0.6) is 0 Å². The summed E-state index contributed by atoms with van der Waals surface area (Å²) >= 11 is 0. The lowest BCUT2D eigenvalue weighted by Crippen LogP contribution is -2.42. The van der Waals surface area contributed by atoms with Crippen LogP contribution in [0.25, 0.3) is 33.5 Å². The minimum absolute atomic E-state index is 0.0982. The molecular formula is C33H33N7O. The van der Waals surface area contributed by atoms with Gasteiger partial charge in [-0.3, -0.25) is 4.90 Å². The molecule has 41 heavy (non-hydrogen) atoms.